The zero-order valence-electron chi connectivity index (χ0n) is 14.8. The van der Waals surface area contributed by atoms with Crippen molar-refractivity contribution < 1.29 is 24.2 Å². The standard InChI is InChI=1S/C18H26N2O5/c1-24-15-5-4-14(12-16(15)25-2)18(23)20-9-6-13(7-10-20)17(22)19-8-3-11-21/h4-5,12-13,21H,3,6-11H2,1-2H3,(H,19,22). The van der Waals surface area contributed by atoms with Gasteiger partial charge < -0.3 is 24.8 Å². The maximum absolute atomic E-state index is 12.7. The van der Waals surface area contributed by atoms with Crippen molar-refractivity contribution in [2.75, 3.05) is 40.5 Å². The van der Waals surface area contributed by atoms with Crippen molar-refractivity contribution in [1.29, 1.82) is 0 Å². The lowest BCUT2D eigenvalue weighted by Gasteiger charge is -2.31. The van der Waals surface area contributed by atoms with Crippen molar-refractivity contribution in [3.8, 4) is 11.5 Å². The molecular weight excluding hydrogens is 324 g/mol. The van der Waals surface area contributed by atoms with Crippen LogP contribution in [0.5, 0.6) is 11.5 Å². The topological polar surface area (TPSA) is 88.1 Å². The Morgan fingerprint density at radius 2 is 1.88 bits per heavy atom. The number of ether oxygens (including phenoxy) is 2. The molecule has 138 valence electrons. The predicted octanol–water partition coefficient (Wildman–Crippen LogP) is 1.05. The number of piperidine rings is 1. The number of aliphatic hydroxyl groups excluding tert-OH is 1. The van der Waals surface area contributed by atoms with E-state index in [4.69, 9.17) is 14.6 Å². The van der Waals surface area contributed by atoms with Crippen LogP contribution in [0.25, 0.3) is 0 Å². The number of nitrogens with zero attached hydrogens (tertiary/aromatic N) is 1. The molecule has 2 amide bonds. The van der Waals surface area contributed by atoms with Crippen LogP contribution >= 0.6 is 0 Å². The molecule has 7 nitrogen and oxygen atoms in total. The highest BCUT2D eigenvalue weighted by molar-refractivity contribution is 5.95. The van der Waals surface area contributed by atoms with Crippen LogP contribution in [0.1, 0.15) is 29.6 Å². The van der Waals surface area contributed by atoms with Crippen LogP contribution in [0.4, 0.5) is 0 Å². The molecule has 25 heavy (non-hydrogen) atoms. The van der Waals surface area contributed by atoms with Crippen molar-refractivity contribution >= 4 is 11.8 Å². The monoisotopic (exact) mass is 350 g/mol. The summed E-state index contributed by atoms with van der Waals surface area (Å²) in [5.41, 5.74) is 0.545. The molecule has 0 saturated carbocycles. The molecule has 0 aromatic heterocycles. The highest BCUT2D eigenvalue weighted by Crippen LogP contribution is 2.28. The molecule has 0 bridgehead atoms. The molecule has 1 heterocycles. The molecule has 0 spiro atoms. The molecule has 0 atom stereocenters. The molecule has 0 unspecified atom stereocenters. The predicted molar refractivity (Wildman–Crippen MR) is 92.9 cm³/mol. The van der Waals surface area contributed by atoms with Gasteiger partial charge >= 0.3 is 0 Å². The first-order valence-electron chi connectivity index (χ1n) is 8.50. The third kappa shape index (κ3) is 4.85. The number of aliphatic hydroxyl groups is 1. The Morgan fingerprint density at radius 1 is 1.20 bits per heavy atom. The second-order valence-corrected chi connectivity index (χ2v) is 6.00. The van der Waals surface area contributed by atoms with E-state index in [9.17, 15) is 9.59 Å². The molecule has 2 rings (SSSR count). The van der Waals surface area contributed by atoms with Crippen LogP contribution in [0.2, 0.25) is 0 Å². The van der Waals surface area contributed by atoms with Gasteiger partial charge in [-0.25, -0.2) is 0 Å². The van der Waals surface area contributed by atoms with Gasteiger partial charge in [0.05, 0.1) is 14.2 Å². The number of benzene rings is 1. The lowest BCUT2D eigenvalue weighted by Crippen LogP contribution is -2.43. The van der Waals surface area contributed by atoms with Crippen molar-refractivity contribution in [2.45, 2.75) is 19.3 Å². The number of nitrogens with one attached hydrogen (secondary N) is 1. The van der Waals surface area contributed by atoms with Gasteiger partial charge in [0.15, 0.2) is 11.5 Å². The normalized spacial score (nSPS) is 14.9. The molecule has 7 heteroatoms. The molecule has 1 aromatic carbocycles. The second kappa shape index (κ2) is 9.27. The average molecular weight is 350 g/mol. The third-order valence-corrected chi connectivity index (χ3v) is 4.42. The lowest BCUT2D eigenvalue weighted by atomic mass is 9.95. The number of carbonyl (C=O) groups excluding carboxylic acids is 2. The quantitative estimate of drug-likeness (QED) is 0.718. The molecule has 1 aliphatic rings. The Hall–Kier alpha value is -2.28. The SMILES string of the molecule is COc1ccc(C(=O)N2CCC(C(=O)NCCCO)CC2)cc1OC. The largest absolute Gasteiger partial charge is 0.493 e. The van der Waals surface area contributed by atoms with Crippen molar-refractivity contribution in [3.05, 3.63) is 23.8 Å². The minimum absolute atomic E-state index is 0.00617. The van der Waals surface area contributed by atoms with E-state index >= 15 is 0 Å². The minimum atomic E-state index is -0.0758. The van der Waals surface area contributed by atoms with Gasteiger partial charge in [0.1, 0.15) is 0 Å². The van der Waals surface area contributed by atoms with Gasteiger partial charge in [-0.15, -0.1) is 0 Å². The maximum atomic E-state index is 12.7. The summed E-state index contributed by atoms with van der Waals surface area (Å²) in [5, 5.41) is 11.6. The van der Waals surface area contributed by atoms with E-state index in [1.165, 1.54) is 7.11 Å². The number of likely N-dealkylation sites (tertiary alicyclic amines) is 1. The highest BCUT2D eigenvalue weighted by atomic mass is 16.5. The van der Waals surface area contributed by atoms with Crippen LogP contribution < -0.4 is 14.8 Å². The Balaban J connectivity index is 1.92. The van der Waals surface area contributed by atoms with E-state index in [0.29, 0.717) is 56.0 Å². The number of hydrogen-bond acceptors (Lipinski definition) is 5. The fourth-order valence-corrected chi connectivity index (χ4v) is 2.93. The first-order valence-corrected chi connectivity index (χ1v) is 8.50. The summed E-state index contributed by atoms with van der Waals surface area (Å²) in [6, 6.07) is 5.11. The Labute approximate surface area is 147 Å². The van der Waals surface area contributed by atoms with Crippen molar-refractivity contribution in [2.24, 2.45) is 5.92 Å². The van der Waals surface area contributed by atoms with E-state index < -0.39 is 0 Å². The van der Waals surface area contributed by atoms with E-state index in [2.05, 4.69) is 5.32 Å². The fraction of sp³-hybridized carbons (Fsp3) is 0.556. The highest BCUT2D eigenvalue weighted by Gasteiger charge is 2.28. The van der Waals surface area contributed by atoms with Crippen molar-refractivity contribution in [3.63, 3.8) is 0 Å². The van der Waals surface area contributed by atoms with E-state index in [-0.39, 0.29) is 24.3 Å². The fourth-order valence-electron chi connectivity index (χ4n) is 2.93. The van der Waals surface area contributed by atoms with Gasteiger partial charge in [-0.2, -0.15) is 0 Å². The number of methoxy groups -OCH3 is 2. The smallest absolute Gasteiger partial charge is 0.253 e. The summed E-state index contributed by atoms with van der Waals surface area (Å²) in [6.07, 6.45) is 1.84. The van der Waals surface area contributed by atoms with Crippen LogP contribution in [0, 0.1) is 5.92 Å². The molecule has 0 aliphatic carbocycles. The number of rotatable bonds is 7. The summed E-state index contributed by atoms with van der Waals surface area (Å²) in [7, 11) is 3.09. The van der Waals surface area contributed by atoms with Gasteiger partial charge in [-0.3, -0.25) is 9.59 Å². The number of carbonyl (C=O) groups is 2. The molecule has 0 radical (unpaired) electrons. The zero-order valence-corrected chi connectivity index (χ0v) is 14.8. The third-order valence-electron chi connectivity index (χ3n) is 4.42. The summed E-state index contributed by atoms with van der Waals surface area (Å²) < 4.78 is 10.4. The van der Waals surface area contributed by atoms with Gasteiger partial charge in [-0.1, -0.05) is 0 Å². The molecule has 1 fully saturated rings. The van der Waals surface area contributed by atoms with E-state index in [1.54, 1.807) is 30.2 Å². The number of hydrogen-bond donors (Lipinski definition) is 2. The first-order chi connectivity index (χ1) is 12.1. The molecule has 1 saturated heterocycles. The Morgan fingerprint density at radius 3 is 2.48 bits per heavy atom. The summed E-state index contributed by atoms with van der Waals surface area (Å²) in [6.45, 7) is 1.65. The summed E-state index contributed by atoms with van der Waals surface area (Å²) in [4.78, 5) is 26.5. The summed E-state index contributed by atoms with van der Waals surface area (Å²) >= 11 is 0. The van der Waals surface area contributed by atoms with Crippen LogP contribution in [-0.4, -0.2) is 62.3 Å². The van der Waals surface area contributed by atoms with Gasteiger partial charge in [-0.05, 0) is 37.5 Å². The van der Waals surface area contributed by atoms with Gasteiger partial charge in [0, 0.05) is 37.7 Å². The molecular formula is C18H26N2O5. The maximum Gasteiger partial charge on any atom is 0.253 e. The molecule has 2 N–H and O–H groups in total. The van der Waals surface area contributed by atoms with Gasteiger partial charge in [0.2, 0.25) is 5.91 Å². The van der Waals surface area contributed by atoms with Crippen molar-refractivity contribution in [1.82, 2.24) is 10.2 Å². The Kier molecular flexibility index (Phi) is 7.06. The van der Waals surface area contributed by atoms with Crippen LogP contribution in [-0.2, 0) is 4.79 Å². The minimum Gasteiger partial charge on any atom is -0.493 e. The van der Waals surface area contributed by atoms with E-state index in [0.717, 1.165) is 0 Å². The zero-order chi connectivity index (χ0) is 18.2. The lowest BCUT2D eigenvalue weighted by molar-refractivity contribution is -0.126. The van der Waals surface area contributed by atoms with Gasteiger partial charge in [0.25, 0.3) is 5.91 Å². The van der Waals surface area contributed by atoms with Crippen LogP contribution in [0.3, 0.4) is 0 Å². The second-order valence-electron chi connectivity index (χ2n) is 6.00. The first kappa shape index (κ1) is 19.1. The number of amides is 2. The summed E-state index contributed by atoms with van der Waals surface area (Å²) in [5.74, 6) is 0.962. The molecule has 1 aromatic rings. The molecule has 1 aliphatic heterocycles. The Bertz CT molecular complexity index is 597. The van der Waals surface area contributed by atoms with Crippen LogP contribution in [0.15, 0.2) is 18.2 Å². The average Bonchev–Trinajstić information content (AvgIpc) is 2.67. The van der Waals surface area contributed by atoms with E-state index in [1.807, 2.05) is 0 Å².